The molecule has 3 aromatic rings. The van der Waals surface area contributed by atoms with Crippen molar-refractivity contribution in [1.29, 1.82) is 0 Å². The zero-order chi connectivity index (χ0) is 22.4. The Bertz CT molecular complexity index is 1010. The Hall–Kier alpha value is -2.67. The van der Waals surface area contributed by atoms with E-state index in [1.807, 2.05) is 11.5 Å². The number of benzene rings is 2. The molecule has 164 valence electrons. The summed E-state index contributed by atoms with van der Waals surface area (Å²) in [5.41, 5.74) is 3.37. The van der Waals surface area contributed by atoms with Crippen molar-refractivity contribution in [3.05, 3.63) is 65.5 Å². The van der Waals surface area contributed by atoms with Crippen LogP contribution in [-0.2, 0) is 23.2 Å². The van der Waals surface area contributed by atoms with Crippen molar-refractivity contribution >= 4 is 17.7 Å². The second-order valence-corrected chi connectivity index (χ2v) is 9.34. The van der Waals surface area contributed by atoms with Crippen LogP contribution in [0.15, 0.2) is 53.7 Å². The van der Waals surface area contributed by atoms with Crippen molar-refractivity contribution in [2.45, 2.75) is 51.2 Å². The van der Waals surface area contributed by atoms with E-state index in [2.05, 4.69) is 60.6 Å². The summed E-state index contributed by atoms with van der Waals surface area (Å²) in [7, 11) is 0. The van der Waals surface area contributed by atoms with Gasteiger partial charge in [0.2, 0.25) is 5.91 Å². The van der Waals surface area contributed by atoms with Gasteiger partial charge in [-0.15, -0.1) is 10.2 Å². The molecule has 0 atom stereocenters. The first-order chi connectivity index (χ1) is 14.8. The lowest BCUT2D eigenvalue weighted by Crippen LogP contribution is -2.27. The molecule has 0 fully saturated rings. The van der Waals surface area contributed by atoms with Crippen LogP contribution in [0.25, 0.3) is 11.4 Å². The maximum Gasteiger partial charge on any atom is 0.230 e. The average Bonchev–Trinajstić information content (AvgIpc) is 3.16. The number of carbonyl (C=O) groups is 1. The van der Waals surface area contributed by atoms with E-state index in [1.54, 1.807) is 12.1 Å². The van der Waals surface area contributed by atoms with Gasteiger partial charge in [0.15, 0.2) is 11.0 Å². The topological polar surface area (TPSA) is 59.8 Å². The lowest BCUT2D eigenvalue weighted by molar-refractivity contribution is -0.118. The van der Waals surface area contributed by atoms with Crippen molar-refractivity contribution in [1.82, 2.24) is 20.1 Å². The van der Waals surface area contributed by atoms with Gasteiger partial charge in [0, 0.05) is 18.7 Å². The third-order valence-corrected chi connectivity index (χ3v) is 5.99. The molecule has 1 N–H and O–H groups in total. The van der Waals surface area contributed by atoms with Crippen LogP contribution in [-0.4, -0.2) is 33.0 Å². The molecule has 0 saturated carbocycles. The summed E-state index contributed by atoms with van der Waals surface area (Å²) in [6, 6.07) is 14.7. The molecule has 1 heterocycles. The molecule has 1 aromatic heterocycles. The first kappa shape index (κ1) is 23.0. The quantitative estimate of drug-likeness (QED) is 0.509. The Balaban J connectivity index is 1.56. The number of nitrogens with zero attached hydrogens (tertiary/aromatic N) is 3. The van der Waals surface area contributed by atoms with Crippen LogP contribution in [0.2, 0.25) is 0 Å². The van der Waals surface area contributed by atoms with Gasteiger partial charge in [-0.2, -0.15) is 0 Å². The largest absolute Gasteiger partial charge is 0.355 e. The summed E-state index contributed by atoms with van der Waals surface area (Å²) in [6.07, 6.45) is 0.663. The molecule has 0 unspecified atom stereocenters. The van der Waals surface area contributed by atoms with Gasteiger partial charge >= 0.3 is 0 Å². The Morgan fingerprint density at radius 2 is 1.74 bits per heavy atom. The van der Waals surface area contributed by atoms with Crippen molar-refractivity contribution in [2.24, 2.45) is 0 Å². The fourth-order valence-corrected chi connectivity index (χ4v) is 4.02. The summed E-state index contributed by atoms with van der Waals surface area (Å²) in [5, 5.41) is 12.3. The number of amides is 1. The molecular formula is C24H29FN4OS. The number of hydrogen-bond donors (Lipinski definition) is 1. The lowest BCUT2D eigenvalue weighted by atomic mass is 9.87. The van der Waals surface area contributed by atoms with E-state index >= 15 is 0 Å². The highest BCUT2D eigenvalue weighted by Gasteiger charge is 2.17. The van der Waals surface area contributed by atoms with Crippen LogP contribution >= 0.6 is 11.8 Å². The second-order valence-electron chi connectivity index (χ2n) is 8.39. The van der Waals surface area contributed by atoms with Crippen LogP contribution in [0.3, 0.4) is 0 Å². The summed E-state index contributed by atoms with van der Waals surface area (Å²) in [6.45, 7) is 9.85. The van der Waals surface area contributed by atoms with Crippen LogP contribution in [0.5, 0.6) is 0 Å². The number of aromatic nitrogens is 3. The molecule has 0 aliphatic rings. The van der Waals surface area contributed by atoms with Gasteiger partial charge in [-0.25, -0.2) is 4.39 Å². The second kappa shape index (κ2) is 10.1. The third-order valence-electron chi connectivity index (χ3n) is 5.02. The predicted octanol–water partition coefficient (Wildman–Crippen LogP) is 4.85. The van der Waals surface area contributed by atoms with Gasteiger partial charge < -0.3 is 9.88 Å². The molecule has 0 spiro atoms. The zero-order valence-electron chi connectivity index (χ0n) is 18.5. The van der Waals surface area contributed by atoms with Crippen molar-refractivity contribution in [3.8, 4) is 11.4 Å². The highest BCUT2D eigenvalue weighted by atomic mass is 32.2. The summed E-state index contributed by atoms with van der Waals surface area (Å²) < 4.78 is 15.0. The molecular weight excluding hydrogens is 411 g/mol. The standard InChI is InChI=1S/C24H29FN4OS/c1-5-29-22(18-8-10-19(11-9-18)24(2,3)4)27-28-23(29)31-16-21(30)26-15-14-17-6-12-20(25)13-7-17/h6-13H,5,14-16H2,1-4H3,(H,26,30). The number of rotatable bonds is 8. The smallest absolute Gasteiger partial charge is 0.230 e. The molecule has 3 rings (SSSR count). The first-order valence-corrected chi connectivity index (χ1v) is 11.4. The van der Waals surface area contributed by atoms with E-state index in [0.29, 0.717) is 13.0 Å². The van der Waals surface area contributed by atoms with Gasteiger partial charge in [-0.3, -0.25) is 4.79 Å². The predicted molar refractivity (Wildman–Crippen MR) is 124 cm³/mol. The van der Waals surface area contributed by atoms with Crippen LogP contribution < -0.4 is 5.32 Å². The molecule has 0 radical (unpaired) electrons. The maximum atomic E-state index is 12.9. The van der Waals surface area contributed by atoms with Crippen LogP contribution in [0.4, 0.5) is 4.39 Å². The van der Waals surface area contributed by atoms with E-state index in [9.17, 15) is 9.18 Å². The van der Waals surface area contributed by atoms with Crippen molar-refractivity contribution in [2.75, 3.05) is 12.3 Å². The Morgan fingerprint density at radius 1 is 1.06 bits per heavy atom. The monoisotopic (exact) mass is 440 g/mol. The minimum Gasteiger partial charge on any atom is -0.355 e. The van der Waals surface area contributed by atoms with E-state index in [-0.39, 0.29) is 22.9 Å². The zero-order valence-corrected chi connectivity index (χ0v) is 19.3. The fraction of sp³-hybridized carbons (Fsp3) is 0.375. The number of halogens is 1. The highest BCUT2D eigenvalue weighted by molar-refractivity contribution is 7.99. The average molecular weight is 441 g/mol. The van der Waals surface area contributed by atoms with E-state index < -0.39 is 0 Å². The molecule has 1 amide bonds. The summed E-state index contributed by atoms with van der Waals surface area (Å²) in [5.74, 6) is 0.759. The summed E-state index contributed by atoms with van der Waals surface area (Å²) >= 11 is 1.38. The third kappa shape index (κ3) is 6.17. The number of nitrogens with one attached hydrogen (secondary N) is 1. The summed E-state index contributed by atoms with van der Waals surface area (Å²) in [4.78, 5) is 12.2. The normalized spacial score (nSPS) is 11.5. The maximum absolute atomic E-state index is 12.9. The van der Waals surface area contributed by atoms with E-state index in [0.717, 1.165) is 28.7 Å². The van der Waals surface area contributed by atoms with Gasteiger partial charge in [0.25, 0.3) is 0 Å². The molecule has 5 nitrogen and oxygen atoms in total. The molecule has 31 heavy (non-hydrogen) atoms. The molecule has 2 aromatic carbocycles. The molecule has 0 aliphatic carbocycles. The lowest BCUT2D eigenvalue weighted by Gasteiger charge is -2.19. The molecule has 7 heteroatoms. The number of hydrogen-bond acceptors (Lipinski definition) is 4. The molecule has 0 aliphatic heterocycles. The van der Waals surface area contributed by atoms with Gasteiger partial charge in [-0.1, -0.05) is 68.9 Å². The first-order valence-electron chi connectivity index (χ1n) is 10.5. The Kier molecular flexibility index (Phi) is 7.49. The number of carbonyl (C=O) groups excluding carboxylic acids is 1. The van der Waals surface area contributed by atoms with Crippen LogP contribution in [0.1, 0.15) is 38.8 Å². The van der Waals surface area contributed by atoms with Gasteiger partial charge in [0.1, 0.15) is 5.82 Å². The minimum absolute atomic E-state index is 0.0613. The van der Waals surface area contributed by atoms with E-state index in [4.69, 9.17) is 0 Å². The Labute approximate surface area is 187 Å². The fourth-order valence-electron chi connectivity index (χ4n) is 3.19. The SMILES string of the molecule is CCn1c(SCC(=O)NCCc2ccc(F)cc2)nnc1-c1ccc(C(C)(C)C)cc1. The van der Waals surface area contributed by atoms with Crippen LogP contribution in [0, 0.1) is 5.82 Å². The van der Waals surface area contributed by atoms with Gasteiger partial charge in [0.05, 0.1) is 5.75 Å². The molecule has 0 saturated heterocycles. The minimum atomic E-state index is -0.256. The van der Waals surface area contributed by atoms with Crippen molar-refractivity contribution in [3.63, 3.8) is 0 Å². The Morgan fingerprint density at radius 3 is 2.35 bits per heavy atom. The van der Waals surface area contributed by atoms with Crippen molar-refractivity contribution < 1.29 is 9.18 Å². The van der Waals surface area contributed by atoms with E-state index in [1.165, 1.54) is 29.5 Å². The number of thioether (sulfide) groups is 1. The molecule has 0 bridgehead atoms. The van der Waals surface area contributed by atoms with Gasteiger partial charge in [-0.05, 0) is 42.0 Å². The highest BCUT2D eigenvalue weighted by Crippen LogP contribution is 2.27.